The molecule has 2 unspecified atom stereocenters. The quantitative estimate of drug-likeness (QED) is 0.903. The highest BCUT2D eigenvalue weighted by Crippen LogP contribution is 2.13. The van der Waals surface area contributed by atoms with Gasteiger partial charge >= 0.3 is 0 Å². The first-order chi connectivity index (χ1) is 9.33. The number of aromatic nitrogens is 3. The molecule has 1 saturated heterocycles. The van der Waals surface area contributed by atoms with Crippen molar-refractivity contribution in [2.75, 3.05) is 6.61 Å². The van der Waals surface area contributed by atoms with Crippen LogP contribution in [-0.4, -0.2) is 33.7 Å². The zero-order valence-electron chi connectivity index (χ0n) is 11.0. The minimum atomic E-state index is 0.282. The standard InChI is InChI=1S/C14H18N4O/c1-11-14(7-8-19-11)15-9-12-10-16-18(17-12)13-5-3-2-4-6-13/h2-6,10-11,14-15H,7-9H2,1H3. The highest BCUT2D eigenvalue weighted by atomic mass is 16.5. The molecule has 1 aliphatic heterocycles. The first-order valence-electron chi connectivity index (χ1n) is 6.64. The fourth-order valence-electron chi connectivity index (χ4n) is 2.30. The monoisotopic (exact) mass is 258 g/mol. The topological polar surface area (TPSA) is 52.0 Å². The molecule has 100 valence electrons. The summed E-state index contributed by atoms with van der Waals surface area (Å²) in [5, 5.41) is 12.2. The Bertz CT molecular complexity index is 525. The molecular weight excluding hydrogens is 240 g/mol. The highest BCUT2D eigenvalue weighted by Gasteiger charge is 2.23. The van der Waals surface area contributed by atoms with Gasteiger partial charge < -0.3 is 10.1 Å². The molecule has 0 saturated carbocycles. The van der Waals surface area contributed by atoms with Crippen molar-refractivity contribution in [2.45, 2.75) is 32.0 Å². The third-order valence-electron chi connectivity index (χ3n) is 3.45. The Morgan fingerprint density at radius 3 is 2.95 bits per heavy atom. The Hall–Kier alpha value is -1.72. The predicted molar refractivity (Wildman–Crippen MR) is 72.0 cm³/mol. The number of para-hydroxylation sites is 1. The van der Waals surface area contributed by atoms with Crippen molar-refractivity contribution in [3.05, 3.63) is 42.2 Å². The van der Waals surface area contributed by atoms with Crippen LogP contribution in [0.1, 0.15) is 19.0 Å². The van der Waals surface area contributed by atoms with E-state index in [1.54, 1.807) is 11.0 Å². The van der Waals surface area contributed by atoms with Gasteiger partial charge in [0.1, 0.15) is 0 Å². The van der Waals surface area contributed by atoms with Crippen molar-refractivity contribution in [3.63, 3.8) is 0 Å². The van der Waals surface area contributed by atoms with E-state index in [-0.39, 0.29) is 6.10 Å². The lowest BCUT2D eigenvalue weighted by molar-refractivity contribution is 0.113. The summed E-state index contributed by atoms with van der Waals surface area (Å²) in [7, 11) is 0. The molecule has 3 rings (SSSR count). The lowest BCUT2D eigenvalue weighted by atomic mass is 10.1. The van der Waals surface area contributed by atoms with E-state index in [0.717, 1.165) is 31.0 Å². The van der Waals surface area contributed by atoms with Gasteiger partial charge in [0.2, 0.25) is 0 Å². The fraction of sp³-hybridized carbons (Fsp3) is 0.429. The van der Waals surface area contributed by atoms with Gasteiger partial charge in [-0.15, -0.1) is 0 Å². The Kier molecular flexibility index (Phi) is 3.57. The molecule has 5 nitrogen and oxygen atoms in total. The van der Waals surface area contributed by atoms with Crippen molar-refractivity contribution >= 4 is 0 Å². The molecule has 1 N–H and O–H groups in total. The molecular formula is C14H18N4O. The van der Waals surface area contributed by atoms with Gasteiger partial charge in [0, 0.05) is 19.2 Å². The van der Waals surface area contributed by atoms with Crippen LogP contribution in [0.2, 0.25) is 0 Å². The number of nitrogens with one attached hydrogen (secondary N) is 1. The van der Waals surface area contributed by atoms with E-state index in [9.17, 15) is 0 Å². The summed E-state index contributed by atoms with van der Waals surface area (Å²) in [5.41, 5.74) is 1.93. The second-order valence-corrected chi connectivity index (χ2v) is 4.81. The molecule has 2 heterocycles. The zero-order chi connectivity index (χ0) is 13.1. The summed E-state index contributed by atoms with van der Waals surface area (Å²) in [6, 6.07) is 10.3. The van der Waals surface area contributed by atoms with Crippen LogP contribution < -0.4 is 5.32 Å². The van der Waals surface area contributed by atoms with Gasteiger partial charge in [0.25, 0.3) is 0 Å². The van der Waals surface area contributed by atoms with Crippen molar-refractivity contribution in [1.29, 1.82) is 0 Å². The highest BCUT2D eigenvalue weighted by molar-refractivity contribution is 5.28. The average Bonchev–Trinajstić information content (AvgIpc) is 3.06. The molecule has 1 aromatic carbocycles. The van der Waals surface area contributed by atoms with E-state index in [1.807, 2.05) is 30.3 Å². The second-order valence-electron chi connectivity index (χ2n) is 4.81. The molecule has 1 fully saturated rings. The van der Waals surface area contributed by atoms with Gasteiger partial charge in [-0.05, 0) is 25.5 Å². The van der Waals surface area contributed by atoms with E-state index >= 15 is 0 Å². The summed E-state index contributed by atoms with van der Waals surface area (Å²) < 4.78 is 5.52. The van der Waals surface area contributed by atoms with Crippen LogP contribution >= 0.6 is 0 Å². The molecule has 2 aromatic rings. The molecule has 2 atom stereocenters. The number of nitrogens with zero attached hydrogens (tertiary/aromatic N) is 3. The number of hydrogen-bond donors (Lipinski definition) is 1. The molecule has 1 aliphatic rings. The third kappa shape index (κ3) is 2.83. The second kappa shape index (κ2) is 5.50. The maximum absolute atomic E-state index is 5.52. The van der Waals surface area contributed by atoms with E-state index in [0.29, 0.717) is 6.04 Å². The fourth-order valence-corrected chi connectivity index (χ4v) is 2.30. The lowest BCUT2D eigenvalue weighted by Crippen LogP contribution is -2.34. The van der Waals surface area contributed by atoms with Crippen molar-refractivity contribution in [1.82, 2.24) is 20.3 Å². The van der Waals surface area contributed by atoms with Gasteiger partial charge in [-0.3, -0.25) is 0 Å². The van der Waals surface area contributed by atoms with E-state index < -0.39 is 0 Å². The molecule has 19 heavy (non-hydrogen) atoms. The van der Waals surface area contributed by atoms with Gasteiger partial charge in [0.05, 0.1) is 23.7 Å². The van der Waals surface area contributed by atoms with Gasteiger partial charge in [-0.25, -0.2) is 0 Å². The normalized spacial score (nSPS) is 22.8. The Morgan fingerprint density at radius 2 is 2.21 bits per heavy atom. The van der Waals surface area contributed by atoms with Crippen molar-refractivity contribution in [2.24, 2.45) is 0 Å². The Morgan fingerprint density at radius 1 is 1.37 bits per heavy atom. The van der Waals surface area contributed by atoms with E-state index in [2.05, 4.69) is 22.4 Å². The van der Waals surface area contributed by atoms with Gasteiger partial charge in [0.15, 0.2) is 0 Å². The molecule has 0 radical (unpaired) electrons. The summed E-state index contributed by atoms with van der Waals surface area (Å²) in [6.45, 7) is 3.67. The van der Waals surface area contributed by atoms with Crippen LogP contribution in [0.5, 0.6) is 0 Å². The van der Waals surface area contributed by atoms with Crippen molar-refractivity contribution in [3.8, 4) is 5.69 Å². The van der Waals surface area contributed by atoms with Crippen molar-refractivity contribution < 1.29 is 4.74 Å². The summed E-state index contributed by atoms with van der Waals surface area (Å²) >= 11 is 0. The number of hydrogen-bond acceptors (Lipinski definition) is 4. The van der Waals surface area contributed by atoms with E-state index in [4.69, 9.17) is 4.74 Å². The van der Waals surface area contributed by atoms with Gasteiger partial charge in [-0.1, -0.05) is 18.2 Å². The number of ether oxygens (including phenoxy) is 1. The zero-order valence-corrected chi connectivity index (χ0v) is 11.0. The average molecular weight is 258 g/mol. The molecule has 1 aromatic heterocycles. The largest absolute Gasteiger partial charge is 0.377 e. The van der Waals surface area contributed by atoms with Crippen LogP contribution in [0.25, 0.3) is 5.69 Å². The molecule has 0 spiro atoms. The maximum Gasteiger partial charge on any atom is 0.0969 e. The molecule has 0 aliphatic carbocycles. The Labute approximate surface area is 112 Å². The van der Waals surface area contributed by atoms with Crippen LogP contribution in [-0.2, 0) is 11.3 Å². The molecule has 0 bridgehead atoms. The summed E-state index contributed by atoms with van der Waals surface area (Å²) in [4.78, 5) is 1.66. The van der Waals surface area contributed by atoms with Crippen LogP contribution in [0, 0.1) is 0 Å². The maximum atomic E-state index is 5.52. The summed E-state index contributed by atoms with van der Waals surface area (Å²) in [6.07, 6.45) is 3.15. The lowest BCUT2D eigenvalue weighted by Gasteiger charge is -2.14. The van der Waals surface area contributed by atoms with E-state index in [1.165, 1.54) is 0 Å². The summed E-state index contributed by atoms with van der Waals surface area (Å²) in [5.74, 6) is 0. The van der Waals surface area contributed by atoms with Gasteiger partial charge in [-0.2, -0.15) is 15.0 Å². The molecule has 5 heteroatoms. The van der Waals surface area contributed by atoms with Crippen LogP contribution in [0.3, 0.4) is 0 Å². The SMILES string of the molecule is CC1OCCC1NCc1cnn(-c2ccccc2)n1. The Balaban J connectivity index is 1.62. The number of benzene rings is 1. The minimum absolute atomic E-state index is 0.282. The van der Waals surface area contributed by atoms with Crippen LogP contribution in [0.15, 0.2) is 36.5 Å². The smallest absolute Gasteiger partial charge is 0.0969 e. The molecule has 0 amide bonds. The first-order valence-corrected chi connectivity index (χ1v) is 6.64. The predicted octanol–water partition coefficient (Wildman–Crippen LogP) is 1.53. The minimum Gasteiger partial charge on any atom is -0.377 e. The number of rotatable bonds is 4. The first kappa shape index (κ1) is 12.3. The third-order valence-corrected chi connectivity index (χ3v) is 3.45. The van der Waals surface area contributed by atoms with Crippen LogP contribution in [0.4, 0.5) is 0 Å².